The van der Waals surface area contributed by atoms with Crippen LogP contribution in [0.5, 0.6) is 0 Å². The molecule has 0 saturated carbocycles. The highest BCUT2D eigenvalue weighted by atomic mass is 16.5. The fourth-order valence-corrected chi connectivity index (χ4v) is 2.65. The molecule has 3 rings (SSSR count). The van der Waals surface area contributed by atoms with E-state index in [1.165, 1.54) is 7.11 Å². The lowest BCUT2D eigenvalue weighted by Crippen LogP contribution is -2.29. The van der Waals surface area contributed by atoms with E-state index < -0.39 is 0 Å². The topological polar surface area (TPSA) is 47.4 Å². The highest BCUT2D eigenvalue weighted by Crippen LogP contribution is 2.24. The molecule has 0 radical (unpaired) electrons. The van der Waals surface area contributed by atoms with Gasteiger partial charge in [0.05, 0.1) is 11.4 Å². The highest BCUT2D eigenvalue weighted by molar-refractivity contribution is 5.77. The van der Waals surface area contributed by atoms with E-state index in [9.17, 15) is 4.79 Å². The minimum atomic E-state index is -0.0611. The van der Waals surface area contributed by atoms with Crippen molar-refractivity contribution in [1.82, 2.24) is 14.7 Å². The first-order chi connectivity index (χ1) is 12.2. The largest absolute Gasteiger partial charge is 0.375 e. The van der Waals surface area contributed by atoms with Gasteiger partial charge in [-0.15, -0.1) is 0 Å². The lowest BCUT2D eigenvalue weighted by Gasteiger charge is -2.16. The van der Waals surface area contributed by atoms with Gasteiger partial charge in [0.1, 0.15) is 6.61 Å². The van der Waals surface area contributed by atoms with E-state index in [1.54, 1.807) is 11.9 Å². The predicted molar refractivity (Wildman–Crippen MR) is 97.4 cm³/mol. The van der Waals surface area contributed by atoms with Crippen LogP contribution in [0.1, 0.15) is 5.56 Å². The number of benzene rings is 2. The Labute approximate surface area is 147 Å². The molecule has 1 heterocycles. The molecule has 0 aliphatic heterocycles. The van der Waals surface area contributed by atoms with E-state index in [2.05, 4.69) is 0 Å². The average Bonchev–Trinajstić information content (AvgIpc) is 3.07. The zero-order valence-electron chi connectivity index (χ0n) is 14.4. The third-order valence-corrected chi connectivity index (χ3v) is 3.96. The molecule has 0 bridgehead atoms. The summed E-state index contributed by atoms with van der Waals surface area (Å²) < 4.78 is 6.79. The molecule has 0 aliphatic carbocycles. The smallest absolute Gasteiger partial charge is 0.248 e. The molecular formula is C20H21N3O2. The Bertz CT molecular complexity index is 829. The molecule has 3 aromatic rings. The van der Waals surface area contributed by atoms with Gasteiger partial charge in [0.25, 0.3) is 0 Å². The maximum absolute atomic E-state index is 12.0. The molecule has 0 saturated heterocycles. The number of aromatic nitrogens is 2. The number of carbonyl (C=O) groups is 1. The molecule has 0 spiro atoms. The van der Waals surface area contributed by atoms with E-state index >= 15 is 0 Å². The minimum Gasteiger partial charge on any atom is -0.375 e. The molecule has 0 unspecified atom stereocenters. The van der Waals surface area contributed by atoms with Crippen LogP contribution in [0.25, 0.3) is 16.9 Å². The number of hydrogen-bond acceptors (Lipinski definition) is 3. The average molecular weight is 335 g/mol. The highest BCUT2D eigenvalue weighted by Gasteiger charge is 2.16. The normalized spacial score (nSPS) is 10.6. The van der Waals surface area contributed by atoms with Gasteiger partial charge in [-0.2, -0.15) is 5.10 Å². The SMILES string of the molecule is COCC(=O)N(C)Cc1cn(-c2ccccc2)nc1-c1ccccc1. The molecule has 0 atom stereocenters. The van der Waals surface area contributed by atoms with Crippen molar-refractivity contribution in [1.29, 1.82) is 0 Å². The summed E-state index contributed by atoms with van der Waals surface area (Å²) in [6.07, 6.45) is 1.98. The first-order valence-corrected chi connectivity index (χ1v) is 8.11. The molecule has 5 nitrogen and oxygen atoms in total. The third-order valence-electron chi connectivity index (χ3n) is 3.96. The molecule has 1 aromatic heterocycles. The lowest BCUT2D eigenvalue weighted by molar-refractivity contribution is -0.134. The molecule has 0 aliphatic rings. The second kappa shape index (κ2) is 7.77. The molecule has 128 valence electrons. The molecule has 1 amide bonds. The Hall–Kier alpha value is -2.92. The van der Waals surface area contributed by atoms with Gasteiger partial charge in [-0.05, 0) is 12.1 Å². The van der Waals surface area contributed by atoms with Gasteiger partial charge in [-0.25, -0.2) is 4.68 Å². The van der Waals surface area contributed by atoms with Gasteiger partial charge in [0, 0.05) is 38.0 Å². The maximum Gasteiger partial charge on any atom is 0.248 e. The second-order valence-electron chi connectivity index (χ2n) is 5.83. The molecule has 2 aromatic carbocycles. The summed E-state index contributed by atoms with van der Waals surface area (Å²) in [5, 5.41) is 4.76. The fourth-order valence-electron chi connectivity index (χ4n) is 2.65. The van der Waals surface area contributed by atoms with E-state index in [0.717, 1.165) is 22.5 Å². The maximum atomic E-state index is 12.0. The van der Waals surface area contributed by atoms with Crippen molar-refractivity contribution in [3.63, 3.8) is 0 Å². The number of likely N-dealkylation sites (N-methyl/N-ethyl adjacent to an activating group) is 1. The Kier molecular flexibility index (Phi) is 5.26. The van der Waals surface area contributed by atoms with Gasteiger partial charge < -0.3 is 9.64 Å². The van der Waals surface area contributed by atoms with Crippen LogP contribution in [-0.4, -0.2) is 41.4 Å². The molecule has 25 heavy (non-hydrogen) atoms. The molecule has 5 heteroatoms. The van der Waals surface area contributed by atoms with E-state index in [-0.39, 0.29) is 12.5 Å². The number of amides is 1. The van der Waals surface area contributed by atoms with Gasteiger partial charge >= 0.3 is 0 Å². The van der Waals surface area contributed by atoms with Crippen molar-refractivity contribution in [3.8, 4) is 16.9 Å². The van der Waals surface area contributed by atoms with Crippen LogP contribution < -0.4 is 0 Å². The van der Waals surface area contributed by atoms with Crippen LogP contribution in [0.2, 0.25) is 0 Å². The van der Waals surface area contributed by atoms with Gasteiger partial charge in [-0.3, -0.25) is 4.79 Å². The van der Waals surface area contributed by atoms with Crippen LogP contribution in [0, 0.1) is 0 Å². The second-order valence-corrected chi connectivity index (χ2v) is 5.83. The van der Waals surface area contributed by atoms with Gasteiger partial charge in [0.2, 0.25) is 5.91 Å². The zero-order valence-corrected chi connectivity index (χ0v) is 14.4. The number of rotatable bonds is 6. The number of hydrogen-bond donors (Lipinski definition) is 0. The Morgan fingerprint density at radius 1 is 1.08 bits per heavy atom. The summed E-state index contributed by atoms with van der Waals surface area (Å²) in [5.41, 5.74) is 3.88. The van der Waals surface area contributed by atoms with E-state index in [1.807, 2.05) is 71.5 Å². The first kappa shape index (κ1) is 16.9. The van der Waals surface area contributed by atoms with Crippen LogP contribution in [0.15, 0.2) is 66.9 Å². The van der Waals surface area contributed by atoms with Gasteiger partial charge in [0.15, 0.2) is 0 Å². The summed E-state index contributed by atoms with van der Waals surface area (Å²) in [4.78, 5) is 13.7. The Balaban J connectivity index is 1.97. The predicted octanol–water partition coefficient (Wildman–Crippen LogP) is 3.14. The Morgan fingerprint density at radius 3 is 2.36 bits per heavy atom. The van der Waals surface area contributed by atoms with E-state index in [4.69, 9.17) is 9.84 Å². The quantitative estimate of drug-likeness (QED) is 0.695. The van der Waals surface area contributed by atoms with Crippen molar-refractivity contribution in [2.24, 2.45) is 0 Å². The van der Waals surface area contributed by atoms with Crippen LogP contribution in [0.4, 0.5) is 0 Å². The molecule has 0 fully saturated rings. The number of carbonyl (C=O) groups excluding carboxylic acids is 1. The number of ether oxygens (including phenoxy) is 1. The number of methoxy groups -OCH3 is 1. The fraction of sp³-hybridized carbons (Fsp3) is 0.200. The standard InChI is InChI=1S/C20H21N3O2/c1-22(19(24)15-25-2)13-17-14-23(18-11-7-4-8-12-18)21-20(17)16-9-5-3-6-10-16/h3-12,14H,13,15H2,1-2H3. The summed E-state index contributed by atoms with van der Waals surface area (Å²) >= 11 is 0. The van der Waals surface area contributed by atoms with Crippen molar-refractivity contribution in [2.75, 3.05) is 20.8 Å². The number of para-hydroxylation sites is 1. The molecular weight excluding hydrogens is 314 g/mol. The lowest BCUT2D eigenvalue weighted by atomic mass is 10.1. The summed E-state index contributed by atoms with van der Waals surface area (Å²) in [6, 6.07) is 19.9. The summed E-state index contributed by atoms with van der Waals surface area (Å²) in [5.74, 6) is -0.0611. The van der Waals surface area contributed by atoms with Crippen molar-refractivity contribution in [3.05, 3.63) is 72.4 Å². The summed E-state index contributed by atoms with van der Waals surface area (Å²) in [7, 11) is 3.30. The zero-order chi connectivity index (χ0) is 17.6. The third kappa shape index (κ3) is 3.95. The van der Waals surface area contributed by atoms with Crippen LogP contribution in [-0.2, 0) is 16.1 Å². The van der Waals surface area contributed by atoms with Crippen molar-refractivity contribution in [2.45, 2.75) is 6.54 Å². The van der Waals surface area contributed by atoms with Crippen molar-refractivity contribution < 1.29 is 9.53 Å². The number of nitrogens with zero attached hydrogens (tertiary/aromatic N) is 3. The van der Waals surface area contributed by atoms with E-state index in [0.29, 0.717) is 6.54 Å². The minimum absolute atomic E-state index is 0.0611. The molecule has 0 N–H and O–H groups in total. The summed E-state index contributed by atoms with van der Waals surface area (Å²) in [6.45, 7) is 0.545. The first-order valence-electron chi connectivity index (χ1n) is 8.11. The van der Waals surface area contributed by atoms with Crippen molar-refractivity contribution >= 4 is 5.91 Å². The van der Waals surface area contributed by atoms with Gasteiger partial charge in [-0.1, -0.05) is 48.5 Å². The monoisotopic (exact) mass is 335 g/mol. The van der Waals surface area contributed by atoms with Crippen LogP contribution >= 0.6 is 0 Å². The Morgan fingerprint density at radius 2 is 1.72 bits per heavy atom. The van der Waals surface area contributed by atoms with Crippen LogP contribution in [0.3, 0.4) is 0 Å².